The Balaban J connectivity index is 1.64. The van der Waals surface area contributed by atoms with Gasteiger partial charge in [0.05, 0.1) is 19.4 Å². The van der Waals surface area contributed by atoms with Crippen LogP contribution in [0, 0.1) is 0 Å². The summed E-state index contributed by atoms with van der Waals surface area (Å²) in [4.78, 5) is 0. The standard InChI is InChI=1S/C14H16N6O2S/c1-3-12-15-16-13(22-12)9-23-14-17-18-19-20(14)8-10-4-6-11(21-2)7-5-10/h4-7H,3,8-9H2,1-2H3. The van der Waals surface area contributed by atoms with E-state index >= 15 is 0 Å². The molecule has 0 N–H and O–H groups in total. The average molecular weight is 332 g/mol. The van der Waals surface area contributed by atoms with Gasteiger partial charge >= 0.3 is 0 Å². The second-order valence-electron chi connectivity index (χ2n) is 4.70. The molecule has 0 spiro atoms. The minimum Gasteiger partial charge on any atom is -0.497 e. The first-order chi connectivity index (χ1) is 11.3. The normalized spacial score (nSPS) is 10.9. The minimum absolute atomic E-state index is 0.538. The second-order valence-corrected chi connectivity index (χ2v) is 5.64. The third-order valence-corrected chi connectivity index (χ3v) is 4.07. The molecule has 0 aliphatic heterocycles. The Labute approximate surface area is 137 Å². The Morgan fingerprint density at radius 3 is 2.61 bits per heavy atom. The van der Waals surface area contributed by atoms with E-state index in [1.54, 1.807) is 11.8 Å². The maximum Gasteiger partial charge on any atom is 0.226 e. The molecule has 0 aliphatic rings. The Bertz CT molecular complexity index is 755. The first-order valence-corrected chi connectivity index (χ1v) is 8.10. The van der Waals surface area contributed by atoms with Crippen molar-refractivity contribution in [1.29, 1.82) is 0 Å². The van der Waals surface area contributed by atoms with Gasteiger partial charge < -0.3 is 9.15 Å². The molecule has 1 aromatic carbocycles. The van der Waals surface area contributed by atoms with Gasteiger partial charge in [-0.2, -0.15) is 0 Å². The number of rotatable bonds is 7. The van der Waals surface area contributed by atoms with Gasteiger partial charge in [-0.3, -0.25) is 0 Å². The largest absolute Gasteiger partial charge is 0.497 e. The van der Waals surface area contributed by atoms with Crippen molar-refractivity contribution in [1.82, 2.24) is 30.4 Å². The first-order valence-electron chi connectivity index (χ1n) is 7.11. The lowest BCUT2D eigenvalue weighted by molar-refractivity contribution is 0.414. The molecule has 0 fully saturated rings. The number of methoxy groups -OCH3 is 1. The Morgan fingerprint density at radius 2 is 1.91 bits per heavy atom. The van der Waals surface area contributed by atoms with Crippen LogP contribution in [0.15, 0.2) is 33.8 Å². The van der Waals surface area contributed by atoms with Gasteiger partial charge in [0.25, 0.3) is 0 Å². The van der Waals surface area contributed by atoms with E-state index in [9.17, 15) is 0 Å². The van der Waals surface area contributed by atoms with E-state index in [1.807, 2.05) is 31.2 Å². The molecular weight excluding hydrogens is 316 g/mol. The highest BCUT2D eigenvalue weighted by Crippen LogP contribution is 2.20. The summed E-state index contributed by atoms with van der Waals surface area (Å²) >= 11 is 1.46. The van der Waals surface area contributed by atoms with Crippen molar-refractivity contribution in [3.63, 3.8) is 0 Å². The Hall–Kier alpha value is -2.42. The lowest BCUT2D eigenvalue weighted by Crippen LogP contribution is -2.04. The van der Waals surface area contributed by atoms with Crippen LogP contribution in [0.25, 0.3) is 0 Å². The molecule has 0 saturated heterocycles. The van der Waals surface area contributed by atoms with Crippen LogP contribution in [0.3, 0.4) is 0 Å². The lowest BCUT2D eigenvalue weighted by atomic mass is 10.2. The molecule has 3 aromatic rings. The van der Waals surface area contributed by atoms with Crippen molar-refractivity contribution in [2.75, 3.05) is 7.11 Å². The van der Waals surface area contributed by atoms with Crippen molar-refractivity contribution in [2.45, 2.75) is 30.8 Å². The fraction of sp³-hybridized carbons (Fsp3) is 0.357. The van der Waals surface area contributed by atoms with Gasteiger partial charge in [-0.05, 0) is 28.1 Å². The highest BCUT2D eigenvalue weighted by molar-refractivity contribution is 7.98. The predicted octanol–water partition coefficient (Wildman–Crippen LogP) is 1.97. The van der Waals surface area contributed by atoms with E-state index in [0.717, 1.165) is 17.7 Å². The molecule has 9 heteroatoms. The van der Waals surface area contributed by atoms with Crippen molar-refractivity contribution >= 4 is 11.8 Å². The number of tetrazole rings is 1. The second kappa shape index (κ2) is 7.23. The molecule has 0 amide bonds. The van der Waals surface area contributed by atoms with E-state index in [2.05, 4.69) is 25.7 Å². The van der Waals surface area contributed by atoms with Crippen LogP contribution < -0.4 is 4.74 Å². The summed E-state index contributed by atoms with van der Waals surface area (Å²) in [6, 6.07) is 7.80. The molecule has 0 unspecified atom stereocenters. The molecule has 0 bridgehead atoms. The summed E-state index contributed by atoms with van der Waals surface area (Å²) in [5.41, 5.74) is 1.09. The van der Waals surface area contributed by atoms with E-state index in [0.29, 0.717) is 29.2 Å². The maximum absolute atomic E-state index is 5.48. The van der Waals surface area contributed by atoms with Crippen molar-refractivity contribution in [3.05, 3.63) is 41.6 Å². The Morgan fingerprint density at radius 1 is 1.13 bits per heavy atom. The summed E-state index contributed by atoms with van der Waals surface area (Å²) in [7, 11) is 1.65. The highest BCUT2D eigenvalue weighted by atomic mass is 32.2. The number of aryl methyl sites for hydroxylation is 1. The SMILES string of the molecule is CCc1nnc(CSc2nnnn2Cc2ccc(OC)cc2)o1. The van der Waals surface area contributed by atoms with Crippen LogP contribution in [0.2, 0.25) is 0 Å². The fourth-order valence-corrected chi connectivity index (χ4v) is 2.63. The number of aromatic nitrogens is 6. The fourth-order valence-electron chi connectivity index (χ4n) is 1.92. The number of nitrogens with zero attached hydrogens (tertiary/aromatic N) is 6. The van der Waals surface area contributed by atoms with Crippen LogP contribution in [-0.2, 0) is 18.7 Å². The predicted molar refractivity (Wildman–Crippen MR) is 83.2 cm³/mol. The molecule has 23 heavy (non-hydrogen) atoms. The zero-order valence-electron chi connectivity index (χ0n) is 12.8. The summed E-state index contributed by atoms with van der Waals surface area (Å²) in [5, 5.41) is 20.4. The van der Waals surface area contributed by atoms with Gasteiger partial charge in [-0.1, -0.05) is 30.8 Å². The van der Waals surface area contributed by atoms with Gasteiger partial charge in [0.2, 0.25) is 16.9 Å². The van der Waals surface area contributed by atoms with Crippen molar-refractivity contribution in [2.24, 2.45) is 0 Å². The summed E-state index contributed by atoms with van der Waals surface area (Å²) < 4.78 is 12.4. The number of hydrogen-bond acceptors (Lipinski definition) is 8. The van der Waals surface area contributed by atoms with Gasteiger partial charge in [0, 0.05) is 6.42 Å². The molecule has 8 nitrogen and oxygen atoms in total. The van der Waals surface area contributed by atoms with Gasteiger partial charge in [0.1, 0.15) is 5.75 Å². The Kier molecular flexibility index (Phi) is 4.86. The smallest absolute Gasteiger partial charge is 0.226 e. The quantitative estimate of drug-likeness (QED) is 0.606. The molecule has 3 rings (SSSR count). The number of benzene rings is 1. The van der Waals surface area contributed by atoms with Gasteiger partial charge in [-0.15, -0.1) is 15.3 Å². The average Bonchev–Trinajstić information content (AvgIpc) is 3.22. The van der Waals surface area contributed by atoms with E-state index in [4.69, 9.17) is 9.15 Å². The third kappa shape index (κ3) is 3.86. The molecule has 120 valence electrons. The minimum atomic E-state index is 0.538. The molecule has 2 aromatic heterocycles. The molecule has 0 atom stereocenters. The van der Waals surface area contributed by atoms with Crippen LogP contribution in [0.4, 0.5) is 0 Å². The number of ether oxygens (including phenoxy) is 1. The molecular formula is C14H16N6O2S. The molecule has 0 saturated carbocycles. The van der Waals surface area contributed by atoms with E-state index < -0.39 is 0 Å². The summed E-state index contributed by atoms with van der Waals surface area (Å²) in [6.07, 6.45) is 0.729. The van der Waals surface area contributed by atoms with E-state index in [-0.39, 0.29) is 0 Å². The lowest BCUT2D eigenvalue weighted by Gasteiger charge is -2.05. The number of thioether (sulfide) groups is 1. The highest BCUT2D eigenvalue weighted by Gasteiger charge is 2.11. The van der Waals surface area contributed by atoms with Gasteiger partial charge in [-0.25, -0.2) is 4.68 Å². The molecule has 0 aliphatic carbocycles. The number of hydrogen-bond donors (Lipinski definition) is 0. The van der Waals surface area contributed by atoms with Crippen LogP contribution >= 0.6 is 11.8 Å². The zero-order valence-corrected chi connectivity index (χ0v) is 13.7. The van der Waals surface area contributed by atoms with Crippen LogP contribution in [0.1, 0.15) is 24.3 Å². The topological polar surface area (TPSA) is 91.8 Å². The monoisotopic (exact) mass is 332 g/mol. The summed E-state index contributed by atoms with van der Waals surface area (Å²) in [5.74, 6) is 2.57. The van der Waals surface area contributed by atoms with Crippen molar-refractivity contribution in [3.8, 4) is 5.75 Å². The summed E-state index contributed by atoms with van der Waals surface area (Å²) in [6.45, 7) is 2.56. The zero-order chi connectivity index (χ0) is 16.1. The molecule has 0 radical (unpaired) electrons. The van der Waals surface area contributed by atoms with Crippen molar-refractivity contribution < 1.29 is 9.15 Å². The van der Waals surface area contributed by atoms with Crippen LogP contribution in [-0.4, -0.2) is 37.5 Å². The third-order valence-electron chi connectivity index (χ3n) is 3.13. The van der Waals surface area contributed by atoms with Crippen LogP contribution in [0.5, 0.6) is 5.75 Å². The van der Waals surface area contributed by atoms with Gasteiger partial charge in [0.15, 0.2) is 0 Å². The molecule has 2 heterocycles. The maximum atomic E-state index is 5.48. The first kappa shape index (κ1) is 15.5. The van der Waals surface area contributed by atoms with E-state index in [1.165, 1.54) is 11.8 Å².